The van der Waals surface area contributed by atoms with Crippen molar-refractivity contribution >= 4 is 33.7 Å². The fourth-order valence-electron chi connectivity index (χ4n) is 3.10. The third-order valence-electron chi connectivity index (χ3n) is 4.71. The number of nitrogens with two attached hydrogens (primary N) is 1. The summed E-state index contributed by atoms with van der Waals surface area (Å²) < 4.78 is 37.3. The first-order chi connectivity index (χ1) is 17.6. The summed E-state index contributed by atoms with van der Waals surface area (Å²) in [6.07, 6.45) is -5.08. The number of fused-ring (bicyclic) bond motifs is 2. The molecule has 0 fully saturated rings. The topological polar surface area (TPSA) is 150 Å². The van der Waals surface area contributed by atoms with Crippen LogP contribution in [0.4, 0.5) is 13.2 Å². The Kier molecular flexibility index (Phi) is 10.3. The second-order valence-corrected chi connectivity index (χ2v) is 7.26. The number of carboxylic acids is 1. The number of halogens is 3. The number of aromatic nitrogens is 2. The number of carbonyl (C=O) groups is 2. The quantitative estimate of drug-likeness (QED) is 0.261. The zero-order valence-electron chi connectivity index (χ0n) is 20.1. The first-order valence-corrected chi connectivity index (χ1v) is 11.2. The predicted molar refractivity (Wildman–Crippen MR) is 134 cm³/mol. The van der Waals surface area contributed by atoms with E-state index in [1.54, 1.807) is 6.07 Å². The minimum absolute atomic E-state index is 0.0763. The van der Waals surface area contributed by atoms with E-state index in [-0.39, 0.29) is 18.1 Å². The highest BCUT2D eigenvalue weighted by atomic mass is 19.4. The van der Waals surface area contributed by atoms with Crippen molar-refractivity contribution in [2.75, 3.05) is 19.7 Å². The first-order valence-electron chi connectivity index (χ1n) is 11.2. The molecule has 4 aromatic rings. The molecule has 0 aliphatic heterocycles. The van der Waals surface area contributed by atoms with E-state index >= 15 is 0 Å². The Labute approximate surface area is 209 Å². The van der Waals surface area contributed by atoms with Gasteiger partial charge < -0.3 is 30.9 Å². The van der Waals surface area contributed by atoms with Crippen molar-refractivity contribution in [1.29, 1.82) is 0 Å². The smallest absolute Gasteiger partial charge is 0.484 e. The van der Waals surface area contributed by atoms with Gasteiger partial charge in [0.2, 0.25) is 0 Å². The number of H-pyrrole nitrogens is 2. The molecule has 0 unspecified atom stereocenters. The van der Waals surface area contributed by atoms with Crippen molar-refractivity contribution in [2.45, 2.75) is 20.0 Å². The minimum Gasteiger partial charge on any atom is -0.484 e. The van der Waals surface area contributed by atoms with E-state index in [2.05, 4.69) is 15.3 Å². The van der Waals surface area contributed by atoms with E-state index < -0.39 is 12.1 Å². The van der Waals surface area contributed by atoms with Crippen molar-refractivity contribution in [2.24, 2.45) is 5.73 Å². The third-order valence-corrected chi connectivity index (χ3v) is 4.71. The molecule has 198 valence electrons. The molecule has 0 bridgehead atoms. The largest absolute Gasteiger partial charge is 0.490 e. The summed E-state index contributed by atoms with van der Waals surface area (Å²) >= 11 is 0. The molecule has 4 rings (SSSR count). The summed E-state index contributed by atoms with van der Waals surface area (Å²) in [6.45, 7) is 4.73. The second kappa shape index (κ2) is 13.1. The number of ether oxygens (including phenoxy) is 1. The first kappa shape index (κ1) is 28.9. The molecule has 12 heteroatoms. The van der Waals surface area contributed by atoms with Crippen LogP contribution in [-0.2, 0) is 9.59 Å². The Morgan fingerprint density at radius 2 is 1.65 bits per heavy atom. The standard InChI is InChI=1S/C21H20N4O3.C2HF3O2.C2H6/c22-7-8-23-20(26)12-28-15-5-6-18-14(9-15)11-19(24-18)16-10-13-3-1-2-4-17(13)25-21(16)27;3-2(4,5)1(6)7;1-2/h1-6,9-11,24H,7-8,12,22H2,(H,23,26)(H,25,27);(H,6,7);1-2H3. The molecule has 2 heterocycles. The van der Waals surface area contributed by atoms with E-state index in [1.807, 2.05) is 62.4 Å². The Balaban J connectivity index is 0.000000465. The molecule has 1 amide bonds. The molecule has 6 N–H and O–H groups in total. The van der Waals surface area contributed by atoms with Crippen LogP contribution < -0.4 is 21.3 Å². The lowest BCUT2D eigenvalue weighted by molar-refractivity contribution is -0.192. The molecule has 2 aromatic heterocycles. The Hall–Kier alpha value is -4.32. The number of nitrogens with one attached hydrogen (secondary N) is 3. The van der Waals surface area contributed by atoms with Crippen LogP contribution in [0.5, 0.6) is 5.75 Å². The van der Waals surface area contributed by atoms with Crippen LogP contribution in [0.3, 0.4) is 0 Å². The minimum atomic E-state index is -5.08. The average molecular weight is 521 g/mol. The number of hydrogen-bond donors (Lipinski definition) is 5. The molecule has 0 saturated heterocycles. The van der Waals surface area contributed by atoms with Gasteiger partial charge in [-0.05, 0) is 41.8 Å². The Bertz CT molecular complexity index is 1410. The lowest BCUT2D eigenvalue weighted by Crippen LogP contribution is -2.32. The van der Waals surface area contributed by atoms with Crippen molar-refractivity contribution in [3.05, 3.63) is 65.0 Å². The van der Waals surface area contributed by atoms with Gasteiger partial charge in [-0.15, -0.1) is 0 Å². The van der Waals surface area contributed by atoms with Crippen LogP contribution in [0.15, 0.2) is 59.4 Å². The van der Waals surface area contributed by atoms with Crippen molar-refractivity contribution in [3.8, 4) is 17.0 Å². The number of pyridine rings is 1. The molecule has 0 radical (unpaired) electrons. The summed E-state index contributed by atoms with van der Waals surface area (Å²) in [7, 11) is 0. The van der Waals surface area contributed by atoms with E-state index in [1.165, 1.54) is 0 Å². The number of carboxylic acid groups (broad SMARTS) is 1. The SMILES string of the molecule is CC.NCCNC(=O)COc1ccc2[nH]c(-c3cc4ccccc4[nH]c3=O)cc2c1.O=C(O)C(F)(F)F. The van der Waals surface area contributed by atoms with Crippen LogP contribution in [0.2, 0.25) is 0 Å². The van der Waals surface area contributed by atoms with Gasteiger partial charge in [0.25, 0.3) is 11.5 Å². The van der Waals surface area contributed by atoms with Gasteiger partial charge in [-0.1, -0.05) is 32.0 Å². The number of rotatable bonds is 6. The molecule has 0 spiro atoms. The highest BCUT2D eigenvalue weighted by Gasteiger charge is 2.38. The van der Waals surface area contributed by atoms with Crippen LogP contribution in [0.25, 0.3) is 33.1 Å². The van der Waals surface area contributed by atoms with Crippen LogP contribution >= 0.6 is 0 Å². The van der Waals surface area contributed by atoms with Gasteiger partial charge in [0.1, 0.15) is 5.75 Å². The Morgan fingerprint density at radius 1 is 1.00 bits per heavy atom. The van der Waals surface area contributed by atoms with Crippen LogP contribution in [0, 0.1) is 0 Å². The van der Waals surface area contributed by atoms with Gasteiger partial charge in [0.15, 0.2) is 6.61 Å². The Morgan fingerprint density at radius 3 is 2.30 bits per heavy atom. The van der Waals surface area contributed by atoms with Gasteiger partial charge >= 0.3 is 12.1 Å². The molecule has 37 heavy (non-hydrogen) atoms. The second-order valence-electron chi connectivity index (χ2n) is 7.26. The number of carbonyl (C=O) groups excluding carboxylic acids is 1. The molecule has 0 atom stereocenters. The number of benzene rings is 2. The predicted octanol–water partition coefficient (Wildman–Crippen LogP) is 3.79. The molecule has 9 nitrogen and oxygen atoms in total. The normalized spacial score (nSPS) is 10.6. The van der Waals surface area contributed by atoms with E-state index in [9.17, 15) is 22.8 Å². The monoisotopic (exact) mass is 520 g/mol. The van der Waals surface area contributed by atoms with Crippen molar-refractivity contribution in [1.82, 2.24) is 15.3 Å². The maximum absolute atomic E-state index is 12.5. The summed E-state index contributed by atoms with van der Waals surface area (Å²) in [4.78, 5) is 39.2. The maximum Gasteiger partial charge on any atom is 0.490 e. The van der Waals surface area contributed by atoms with E-state index in [4.69, 9.17) is 20.4 Å². The van der Waals surface area contributed by atoms with Crippen molar-refractivity contribution in [3.63, 3.8) is 0 Å². The number of amides is 1. The number of hydrogen-bond acceptors (Lipinski definition) is 5. The summed E-state index contributed by atoms with van der Waals surface area (Å²) in [5.41, 5.74) is 8.17. The number of para-hydroxylation sites is 1. The molecular formula is C25H27F3N4O5. The number of alkyl halides is 3. The lowest BCUT2D eigenvalue weighted by atomic mass is 10.1. The van der Waals surface area contributed by atoms with E-state index in [0.29, 0.717) is 24.4 Å². The van der Waals surface area contributed by atoms with Gasteiger partial charge in [0, 0.05) is 29.5 Å². The summed E-state index contributed by atoms with van der Waals surface area (Å²) in [5.74, 6) is -2.40. The van der Waals surface area contributed by atoms with Gasteiger partial charge in [-0.2, -0.15) is 13.2 Å². The average Bonchev–Trinajstić information content (AvgIpc) is 3.30. The molecular weight excluding hydrogens is 493 g/mol. The summed E-state index contributed by atoms with van der Waals surface area (Å²) in [6, 6.07) is 16.9. The van der Waals surface area contributed by atoms with Gasteiger partial charge in [-0.3, -0.25) is 9.59 Å². The molecule has 0 aliphatic rings. The number of aromatic amines is 2. The molecule has 0 aliphatic carbocycles. The van der Waals surface area contributed by atoms with Crippen LogP contribution in [-0.4, -0.2) is 52.8 Å². The van der Waals surface area contributed by atoms with Crippen molar-refractivity contribution < 1.29 is 32.6 Å². The van der Waals surface area contributed by atoms with Gasteiger partial charge in [0.05, 0.1) is 11.3 Å². The lowest BCUT2D eigenvalue weighted by Gasteiger charge is -2.06. The zero-order valence-corrected chi connectivity index (χ0v) is 20.1. The van der Waals surface area contributed by atoms with Gasteiger partial charge in [-0.25, -0.2) is 4.79 Å². The highest BCUT2D eigenvalue weighted by Crippen LogP contribution is 2.26. The highest BCUT2D eigenvalue weighted by molar-refractivity contribution is 5.89. The van der Waals surface area contributed by atoms with E-state index in [0.717, 1.165) is 27.5 Å². The maximum atomic E-state index is 12.5. The third kappa shape index (κ3) is 8.10. The fraction of sp³-hybridized carbons (Fsp3) is 0.240. The van der Waals surface area contributed by atoms with Crippen LogP contribution in [0.1, 0.15) is 13.8 Å². The summed E-state index contributed by atoms with van der Waals surface area (Å²) in [5, 5.41) is 11.6. The fourth-order valence-corrected chi connectivity index (χ4v) is 3.10. The molecule has 0 saturated carbocycles. The zero-order chi connectivity index (χ0) is 27.6. The number of aliphatic carboxylic acids is 1. The molecule has 2 aromatic carbocycles.